The van der Waals surface area contributed by atoms with Crippen LogP contribution in [0, 0.1) is 5.92 Å². The van der Waals surface area contributed by atoms with Gasteiger partial charge in [0.25, 0.3) is 0 Å². The molecule has 86 valence electrons. The zero-order valence-electron chi connectivity index (χ0n) is 9.13. The van der Waals surface area contributed by atoms with E-state index in [1.54, 1.807) is 0 Å². The van der Waals surface area contributed by atoms with E-state index in [1.165, 1.54) is 0 Å². The normalized spacial score (nSPS) is 30.7. The van der Waals surface area contributed by atoms with Crippen LogP contribution >= 0.6 is 0 Å². The lowest BCUT2D eigenvalue weighted by atomic mass is 10.0. The highest BCUT2D eigenvalue weighted by Gasteiger charge is 2.20. The summed E-state index contributed by atoms with van der Waals surface area (Å²) in [6.07, 6.45) is 4.28. The molecule has 0 spiro atoms. The van der Waals surface area contributed by atoms with Gasteiger partial charge < -0.3 is 15.4 Å². The maximum atomic E-state index is 11.6. The number of amides is 1. The van der Waals surface area contributed by atoms with Crippen molar-refractivity contribution < 1.29 is 9.53 Å². The summed E-state index contributed by atoms with van der Waals surface area (Å²) in [5.41, 5.74) is 0. The van der Waals surface area contributed by atoms with Gasteiger partial charge in [0.1, 0.15) is 0 Å². The van der Waals surface area contributed by atoms with Crippen LogP contribution in [0.15, 0.2) is 0 Å². The number of carbonyl (C=O) groups is 1. The van der Waals surface area contributed by atoms with Crippen LogP contribution in [-0.4, -0.2) is 38.3 Å². The van der Waals surface area contributed by atoms with Crippen molar-refractivity contribution >= 4 is 5.91 Å². The summed E-state index contributed by atoms with van der Waals surface area (Å²) in [7, 11) is 0. The molecule has 2 aliphatic heterocycles. The molecule has 0 aromatic rings. The Hall–Kier alpha value is -0.610. The van der Waals surface area contributed by atoms with E-state index in [0.717, 1.165) is 39.0 Å². The summed E-state index contributed by atoms with van der Waals surface area (Å²) < 4.78 is 5.45. The van der Waals surface area contributed by atoms with Crippen molar-refractivity contribution in [2.75, 3.05) is 26.2 Å². The fraction of sp³-hybridized carbons (Fsp3) is 0.909. The van der Waals surface area contributed by atoms with Gasteiger partial charge >= 0.3 is 0 Å². The molecule has 2 fully saturated rings. The second-order valence-electron chi connectivity index (χ2n) is 4.50. The third kappa shape index (κ3) is 3.47. The van der Waals surface area contributed by atoms with E-state index in [2.05, 4.69) is 10.6 Å². The Labute approximate surface area is 90.8 Å². The highest BCUT2D eigenvalue weighted by atomic mass is 16.5. The Morgan fingerprint density at radius 1 is 1.47 bits per heavy atom. The highest BCUT2D eigenvalue weighted by molar-refractivity contribution is 5.76. The monoisotopic (exact) mass is 212 g/mol. The van der Waals surface area contributed by atoms with Gasteiger partial charge in [-0.05, 0) is 38.3 Å². The Bertz CT molecular complexity index is 209. The predicted octanol–water partition coefficient (Wildman–Crippen LogP) is 0.281. The summed E-state index contributed by atoms with van der Waals surface area (Å²) in [5.74, 6) is 0.716. The maximum absolute atomic E-state index is 11.6. The summed E-state index contributed by atoms with van der Waals surface area (Å²) in [5, 5.41) is 6.23. The fourth-order valence-electron chi connectivity index (χ4n) is 2.26. The molecule has 2 saturated heterocycles. The van der Waals surface area contributed by atoms with E-state index >= 15 is 0 Å². The molecule has 0 aromatic heterocycles. The molecule has 0 aromatic carbocycles. The van der Waals surface area contributed by atoms with Gasteiger partial charge in [0, 0.05) is 19.6 Å². The van der Waals surface area contributed by atoms with Gasteiger partial charge in [0.05, 0.1) is 6.10 Å². The number of carbonyl (C=O) groups excluding carboxylic acids is 1. The molecule has 0 radical (unpaired) electrons. The Balaban J connectivity index is 1.59. The van der Waals surface area contributed by atoms with Crippen LogP contribution in [0.2, 0.25) is 0 Å². The number of nitrogens with one attached hydrogen (secondary N) is 2. The average molecular weight is 212 g/mol. The molecule has 0 bridgehead atoms. The SMILES string of the molecule is O=C(CC1CCNC1)NCC1CCCO1. The van der Waals surface area contributed by atoms with Crippen molar-refractivity contribution in [2.45, 2.75) is 31.8 Å². The molecule has 4 heteroatoms. The molecule has 0 aliphatic carbocycles. The number of rotatable bonds is 4. The lowest BCUT2D eigenvalue weighted by Crippen LogP contribution is -2.33. The standard InChI is InChI=1S/C11H20N2O2/c14-11(6-9-3-4-12-7-9)13-8-10-2-1-5-15-10/h9-10,12H,1-8H2,(H,13,14). The van der Waals surface area contributed by atoms with E-state index in [9.17, 15) is 4.79 Å². The zero-order valence-corrected chi connectivity index (χ0v) is 9.13. The number of hydrogen-bond acceptors (Lipinski definition) is 3. The predicted molar refractivity (Wildman–Crippen MR) is 57.6 cm³/mol. The zero-order chi connectivity index (χ0) is 10.5. The molecular formula is C11H20N2O2. The molecule has 2 heterocycles. The molecular weight excluding hydrogens is 192 g/mol. The van der Waals surface area contributed by atoms with Crippen molar-refractivity contribution in [3.05, 3.63) is 0 Å². The minimum absolute atomic E-state index is 0.180. The van der Waals surface area contributed by atoms with Gasteiger partial charge in [0.15, 0.2) is 0 Å². The van der Waals surface area contributed by atoms with Crippen LogP contribution < -0.4 is 10.6 Å². The van der Waals surface area contributed by atoms with Crippen LogP contribution in [0.3, 0.4) is 0 Å². The average Bonchev–Trinajstić information content (AvgIpc) is 2.86. The van der Waals surface area contributed by atoms with Gasteiger partial charge in [-0.25, -0.2) is 0 Å². The van der Waals surface area contributed by atoms with E-state index < -0.39 is 0 Å². The Morgan fingerprint density at radius 2 is 2.40 bits per heavy atom. The number of hydrogen-bond donors (Lipinski definition) is 2. The minimum Gasteiger partial charge on any atom is -0.376 e. The molecule has 4 nitrogen and oxygen atoms in total. The van der Waals surface area contributed by atoms with E-state index in [0.29, 0.717) is 18.9 Å². The molecule has 0 saturated carbocycles. The van der Waals surface area contributed by atoms with E-state index in [4.69, 9.17) is 4.74 Å². The minimum atomic E-state index is 0.180. The molecule has 1 amide bonds. The van der Waals surface area contributed by atoms with Gasteiger partial charge in [-0.1, -0.05) is 0 Å². The largest absolute Gasteiger partial charge is 0.376 e. The van der Waals surface area contributed by atoms with Crippen LogP contribution in [0.5, 0.6) is 0 Å². The first kappa shape index (κ1) is 10.9. The Kier molecular flexibility index (Phi) is 3.97. The quantitative estimate of drug-likeness (QED) is 0.704. The van der Waals surface area contributed by atoms with E-state index in [-0.39, 0.29) is 12.0 Å². The highest BCUT2D eigenvalue weighted by Crippen LogP contribution is 2.13. The van der Waals surface area contributed by atoms with Gasteiger partial charge in [0.2, 0.25) is 5.91 Å². The lowest BCUT2D eigenvalue weighted by molar-refractivity contribution is -0.122. The first-order valence-corrected chi connectivity index (χ1v) is 5.93. The molecule has 2 rings (SSSR count). The third-order valence-corrected chi connectivity index (χ3v) is 3.19. The smallest absolute Gasteiger partial charge is 0.220 e. The number of ether oxygens (including phenoxy) is 1. The van der Waals surface area contributed by atoms with Crippen molar-refractivity contribution in [3.63, 3.8) is 0 Å². The van der Waals surface area contributed by atoms with Crippen molar-refractivity contribution in [3.8, 4) is 0 Å². The molecule has 2 N–H and O–H groups in total. The van der Waals surface area contributed by atoms with Crippen molar-refractivity contribution in [1.29, 1.82) is 0 Å². The van der Waals surface area contributed by atoms with Gasteiger partial charge in [-0.15, -0.1) is 0 Å². The van der Waals surface area contributed by atoms with Crippen LogP contribution in [0.25, 0.3) is 0 Å². The second kappa shape index (κ2) is 5.47. The topological polar surface area (TPSA) is 50.4 Å². The molecule has 2 unspecified atom stereocenters. The van der Waals surface area contributed by atoms with Crippen LogP contribution in [-0.2, 0) is 9.53 Å². The van der Waals surface area contributed by atoms with Crippen LogP contribution in [0.1, 0.15) is 25.7 Å². The summed E-state index contributed by atoms with van der Waals surface area (Å²) >= 11 is 0. The molecule has 2 atom stereocenters. The first-order valence-electron chi connectivity index (χ1n) is 5.93. The lowest BCUT2D eigenvalue weighted by Gasteiger charge is -2.12. The summed E-state index contributed by atoms with van der Waals surface area (Å²) in [4.78, 5) is 11.6. The maximum Gasteiger partial charge on any atom is 0.220 e. The summed E-state index contributed by atoms with van der Waals surface area (Å²) in [6.45, 7) is 3.60. The van der Waals surface area contributed by atoms with Gasteiger partial charge in [-0.2, -0.15) is 0 Å². The first-order chi connectivity index (χ1) is 7.34. The van der Waals surface area contributed by atoms with Crippen molar-refractivity contribution in [2.24, 2.45) is 5.92 Å². The fourth-order valence-corrected chi connectivity index (χ4v) is 2.26. The van der Waals surface area contributed by atoms with Gasteiger partial charge in [-0.3, -0.25) is 4.79 Å². The Morgan fingerprint density at radius 3 is 3.07 bits per heavy atom. The summed E-state index contributed by atoms with van der Waals surface area (Å²) in [6, 6.07) is 0. The molecule has 2 aliphatic rings. The second-order valence-corrected chi connectivity index (χ2v) is 4.50. The van der Waals surface area contributed by atoms with E-state index in [1.807, 2.05) is 0 Å². The third-order valence-electron chi connectivity index (χ3n) is 3.19. The van der Waals surface area contributed by atoms with Crippen LogP contribution in [0.4, 0.5) is 0 Å². The van der Waals surface area contributed by atoms with Crippen molar-refractivity contribution in [1.82, 2.24) is 10.6 Å². The molecule has 15 heavy (non-hydrogen) atoms.